The summed E-state index contributed by atoms with van der Waals surface area (Å²) in [5, 5.41) is 17.7. The number of nitro groups is 1. The van der Waals surface area contributed by atoms with E-state index in [1.165, 1.54) is 12.1 Å². The fourth-order valence-corrected chi connectivity index (χ4v) is 2.08. The summed E-state index contributed by atoms with van der Waals surface area (Å²) in [6, 6.07) is 3.94. The zero-order valence-electron chi connectivity index (χ0n) is 11.5. The highest BCUT2D eigenvalue weighted by atomic mass is 35.5. The normalized spacial score (nSPS) is 10.4. The molecule has 0 fully saturated rings. The van der Waals surface area contributed by atoms with E-state index < -0.39 is 10.8 Å². The van der Waals surface area contributed by atoms with E-state index in [0.717, 1.165) is 17.3 Å². The monoisotopic (exact) mass is 308 g/mol. The fraction of sp³-hybridized carbons (Fsp3) is 0.231. The topological polar surface area (TPSA) is 90.1 Å². The first-order valence-electron chi connectivity index (χ1n) is 6.09. The van der Waals surface area contributed by atoms with Crippen molar-refractivity contribution in [2.75, 3.05) is 0 Å². The number of aryl methyl sites for hydroxylation is 2. The number of aromatic nitrogens is 2. The van der Waals surface area contributed by atoms with Gasteiger partial charge in [0.15, 0.2) is 0 Å². The molecule has 0 aliphatic carbocycles. The molecule has 1 aromatic heterocycles. The molecule has 0 saturated carbocycles. The molecule has 1 amide bonds. The predicted molar refractivity (Wildman–Crippen MR) is 77.2 cm³/mol. The third-order valence-electron chi connectivity index (χ3n) is 2.96. The molecule has 2 rings (SSSR count). The van der Waals surface area contributed by atoms with Crippen LogP contribution in [0.2, 0.25) is 5.02 Å². The van der Waals surface area contributed by atoms with Crippen molar-refractivity contribution in [2.45, 2.75) is 13.5 Å². The molecule has 0 saturated heterocycles. The minimum atomic E-state index is -0.621. The van der Waals surface area contributed by atoms with Crippen molar-refractivity contribution < 1.29 is 9.72 Å². The molecule has 1 aromatic carbocycles. The summed E-state index contributed by atoms with van der Waals surface area (Å²) in [6.45, 7) is 2.14. The van der Waals surface area contributed by atoms with E-state index in [0.29, 0.717) is 6.54 Å². The summed E-state index contributed by atoms with van der Waals surface area (Å²) < 4.78 is 1.66. The molecule has 0 radical (unpaired) electrons. The number of amides is 1. The van der Waals surface area contributed by atoms with E-state index in [1.54, 1.807) is 17.9 Å². The van der Waals surface area contributed by atoms with Crippen LogP contribution < -0.4 is 5.32 Å². The SMILES string of the molecule is Cc1nn(C)cc1CNC(=O)c1ccc(Cl)c([N+](=O)[O-])c1. The molecule has 110 valence electrons. The van der Waals surface area contributed by atoms with Crippen LogP contribution in [0.3, 0.4) is 0 Å². The zero-order valence-corrected chi connectivity index (χ0v) is 12.2. The number of hydrogen-bond acceptors (Lipinski definition) is 4. The van der Waals surface area contributed by atoms with Crippen LogP contribution in [-0.4, -0.2) is 20.6 Å². The second kappa shape index (κ2) is 5.92. The molecule has 0 bridgehead atoms. The summed E-state index contributed by atoms with van der Waals surface area (Å²) in [4.78, 5) is 22.2. The number of nitrogens with one attached hydrogen (secondary N) is 1. The number of hydrogen-bond donors (Lipinski definition) is 1. The van der Waals surface area contributed by atoms with Crippen molar-refractivity contribution in [3.63, 3.8) is 0 Å². The van der Waals surface area contributed by atoms with Gasteiger partial charge in [-0.05, 0) is 19.1 Å². The van der Waals surface area contributed by atoms with Crippen LogP contribution in [0.15, 0.2) is 24.4 Å². The maximum Gasteiger partial charge on any atom is 0.288 e. The van der Waals surface area contributed by atoms with Gasteiger partial charge in [-0.1, -0.05) is 11.6 Å². The summed E-state index contributed by atoms with van der Waals surface area (Å²) in [7, 11) is 1.79. The highest BCUT2D eigenvalue weighted by Crippen LogP contribution is 2.25. The molecule has 0 unspecified atom stereocenters. The van der Waals surface area contributed by atoms with Gasteiger partial charge in [-0.3, -0.25) is 19.6 Å². The molecule has 0 atom stereocenters. The second-order valence-electron chi connectivity index (χ2n) is 4.52. The van der Waals surface area contributed by atoms with Crippen LogP contribution in [0.5, 0.6) is 0 Å². The Morgan fingerprint density at radius 3 is 2.81 bits per heavy atom. The Balaban J connectivity index is 2.12. The number of benzene rings is 1. The van der Waals surface area contributed by atoms with E-state index in [4.69, 9.17) is 11.6 Å². The number of nitrogens with zero attached hydrogens (tertiary/aromatic N) is 3. The lowest BCUT2D eigenvalue weighted by molar-refractivity contribution is -0.384. The van der Waals surface area contributed by atoms with Gasteiger partial charge in [-0.25, -0.2) is 0 Å². The van der Waals surface area contributed by atoms with Crippen molar-refractivity contribution >= 4 is 23.2 Å². The molecule has 0 aliphatic heterocycles. The molecule has 7 nitrogen and oxygen atoms in total. The van der Waals surface area contributed by atoms with Crippen LogP contribution >= 0.6 is 11.6 Å². The first-order chi connectivity index (χ1) is 9.88. The number of halogens is 1. The average Bonchev–Trinajstić information content (AvgIpc) is 2.74. The van der Waals surface area contributed by atoms with Crippen LogP contribution in [0.1, 0.15) is 21.6 Å². The Morgan fingerprint density at radius 1 is 1.52 bits per heavy atom. The van der Waals surface area contributed by atoms with Crippen LogP contribution in [-0.2, 0) is 13.6 Å². The van der Waals surface area contributed by atoms with Crippen molar-refractivity contribution in [3.8, 4) is 0 Å². The Morgan fingerprint density at radius 2 is 2.24 bits per heavy atom. The molecular formula is C13H13ClN4O3. The molecule has 0 spiro atoms. The minimum Gasteiger partial charge on any atom is -0.348 e. The van der Waals surface area contributed by atoms with Crippen molar-refractivity contribution in [2.24, 2.45) is 7.05 Å². The summed E-state index contributed by atoms with van der Waals surface area (Å²) in [5.41, 5.74) is 1.60. The third-order valence-corrected chi connectivity index (χ3v) is 3.28. The number of carbonyl (C=O) groups excluding carboxylic acids is 1. The van der Waals surface area contributed by atoms with E-state index in [2.05, 4.69) is 10.4 Å². The number of rotatable bonds is 4. The Hall–Kier alpha value is -2.41. The first kappa shape index (κ1) is 15.0. The van der Waals surface area contributed by atoms with Gasteiger partial charge in [0, 0.05) is 37.0 Å². The zero-order chi connectivity index (χ0) is 15.6. The van der Waals surface area contributed by atoms with Gasteiger partial charge in [0.2, 0.25) is 0 Å². The van der Waals surface area contributed by atoms with E-state index >= 15 is 0 Å². The largest absolute Gasteiger partial charge is 0.348 e. The van der Waals surface area contributed by atoms with Crippen molar-refractivity contribution in [3.05, 3.63) is 56.4 Å². The van der Waals surface area contributed by atoms with Gasteiger partial charge in [0.05, 0.1) is 10.6 Å². The highest BCUT2D eigenvalue weighted by molar-refractivity contribution is 6.32. The van der Waals surface area contributed by atoms with E-state index in [-0.39, 0.29) is 16.3 Å². The lowest BCUT2D eigenvalue weighted by Gasteiger charge is -2.05. The van der Waals surface area contributed by atoms with Crippen LogP contribution in [0, 0.1) is 17.0 Å². The van der Waals surface area contributed by atoms with Crippen molar-refractivity contribution in [1.82, 2.24) is 15.1 Å². The van der Waals surface area contributed by atoms with E-state index in [9.17, 15) is 14.9 Å². The van der Waals surface area contributed by atoms with Gasteiger partial charge < -0.3 is 5.32 Å². The van der Waals surface area contributed by atoms with Gasteiger partial charge >= 0.3 is 0 Å². The van der Waals surface area contributed by atoms with Gasteiger partial charge in [-0.2, -0.15) is 5.10 Å². The summed E-state index contributed by atoms with van der Waals surface area (Å²) >= 11 is 5.71. The van der Waals surface area contributed by atoms with Gasteiger partial charge in [0.25, 0.3) is 11.6 Å². The molecular weight excluding hydrogens is 296 g/mol. The molecule has 8 heteroatoms. The van der Waals surface area contributed by atoms with Crippen molar-refractivity contribution in [1.29, 1.82) is 0 Å². The lowest BCUT2D eigenvalue weighted by Crippen LogP contribution is -2.23. The Labute approximate surface area is 125 Å². The number of carbonyl (C=O) groups is 1. The van der Waals surface area contributed by atoms with Crippen LogP contribution in [0.25, 0.3) is 0 Å². The molecule has 1 heterocycles. The van der Waals surface area contributed by atoms with Gasteiger partial charge in [0.1, 0.15) is 5.02 Å². The standard InChI is InChI=1S/C13H13ClN4O3/c1-8-10(7-17(2)16-8)6-15-13(19)9-3-4-11(14)12(5-9)18(20)21/h3-5,7H,6H2,1-2H3,(H,15,19). The third kappa shape index (κ3) is 3.38. The Kier molecular flexibility index (Phi) is 4.23. The quantitative estimate of drug-likeness (QED) is 0.692. The number of nitro benzene ring substituents is 1. The van der Waals surface area contributed by atoms with Crippen LogP contribution in [0.4, 0.5) is 5.69 Å². The molecule has 1 N–H and O–H groups in total. The second-order valence-corrected chi connectivity index (χ2v) is 4.93. The van der Waals surface area contributed by atoms with Gasteiger partial charge in [-0.15, -0.1) is 0 Å². The summed E-state index contributed by atoms with van der Waals surface area (Å²) in [5.74, 6) is -0.405. The lowest BCUT2D eigenvalue weighted by atomic mass is 10.2. The predicted octanol–water partition coefficient (Wildman–Crippen LogP) is 2.22. The molecule has 21 heavy (non-hydrogen) atoms. The highest BCUT2D eigenvalue weighted by Gasteiger charge is 2.16. The maximum atomic E-state index is 12.0. The smallest absolute Gasteiger partial charge is 0.288 e. The molecule has 2 aromatic rings. The summed E-state index contributed by atoms with van der Waals surface area (Å²) in [6.07, 6.45) is 1.81. The Bertz CT molecular complexity index is 711. The fourth-order valence-electron chi connectivity index (χ4n) is 1.89. The maximum absolute atomic E-state index is 12.0. The first-order valence-corrected chi connectivity index (χ1v) is 6.47. The molecule has 0 aliphatic rings. The average molecular weight is 309 g/mol. The minimum absolute atomic E-state index is 0.000321. The van der Waals surface area contributed by atoms with E-state index in [1.807, 2.05) is 6.92 Å².